The predicted octanol–water partition coefficient (Wildman–Crippen LogP) is 2.10. The predicted molar refractivity (Wildman–Crippen MR) is 65.8 cm³/mol. The van der Waals surface area contributed by atoms with Crippen LogP contribution >= 0.6 is 0 Å². The van der Waals surface area contributed by atoms with E-state index in [-0.39, 0.29) is 5.75 Å². The van der Waals surface area contributed by atoms with Gasteiger partial charge in [0.15, 0.2) is 0 Å². The summed E-state index contributed by atoms with van der Waals surface area (Å²) in [4.78, 5) is 0. The fourth-order valence-corrected chi connectivity index (χ4v) is 1.68. The highest BCUT2D eigenvalue weighted by molar-refractivity contribution is 5.81. The van der Waals surface area contributed by atoms with Crippen LogP contribution in [0.15, 0.2) is 42.5 Å². The van der Waals surface area contributed by atoms with Crippen LogP contribution < -0.4 is 11.5 Å². The van der Waals surface area contributed by atoms with Crippen LogP contribution in [-0.2, 0) is 6.54 Å². The van der Waals surface area contributed by atoms with Gasteiger partial charge in [-0.25, -0.2) is 0 Å². The van der Waals surface area contributed by atoms with Gasteiger partial charge in [0.2, 0.25) is 0 Å². The molecule has 82 valence electrons. The molecule has 0 heterocycles. The van der Waals surface area contributed by atoms with E-state index < -0.39 is 0 Å². The molecule has 0 radical (unpaired) electrons. The number of phenolic OH excluding ortho intramolecular Hbond substituents is 1. The quantitative estimate of drug-likeness (QED) is 0.670. The van der Waals surface area contributed by atoms with Crippen molar-refractivity contribution in [2.75, 3.05) is 5.73 Å². The largest absolute Gasteiger partial charge is 0.507 e. The molecule has 0 fully saturated rings. The first kappa shape index (κ1) is 10.5. The topological polar surface area (TPSA) is 72.3 Å². The highest BCUT2D eigenvalue weighted by atomic mass is 16.3. The van der Waals surface area contributed by atoms with Crippen LogP contribution in [0.4, 0.5) is 5.69 Å². The Kier molecular flexibility index (Phi) is 2.79. The maximum atomic E-state index is 9.77. The number of nitrogens with two attached hydrogens (primary N) is 2. The van der Waals surface area contributed by atoms with E-state index in [2.05, 4.69) is 0 Å². The van der Waals surface area contributed by atoms with Crippen LogP contribution in [0.2, 0.25) is 0 Å². The van der Waals surface area contributed by atoms with Crippen molar-refractivity contribution < 1.29 is 5.11 Å². The van der Waals surface area contributed by atoms with Gasteiger partial charge >= 0.3 is 0 Å². The lowest BCUT2D eigenvalue weighted by molar-refractivity contribution is 0.477. The van der Waals surface area contributed by atoms with Gasteiger partial charge in [-0.2, -0.15) is 0 Å². The Morgan fingerprint density at radius 3 is 2.25 bits per heavy atom. The highest BCUT2D eigenvalue weighted by Crippen LogP contribution is 2.34. The van der Waals surface area contributed by atoms with Gasteiger partial charge in [0.25, 0.3) is 0 Å². The Balaban J connectivity index is 2.50. The lowest BCUT2D eigenvalue weighted by Crippen LogP contribution is -1.96. The first-order valence-corrected chi connectivity index (χ1v) is 5.09. The molecule has 0 aliphatic rings. The zero-order valence-corrected chi connectivity index (χ0v) is 8.85. The third-order valence-electron chi connectivity index (χ3n) is 2.55. The van der Waals surface area contributed by atoms with Gasteiger partial charge in [-0.3, -0.25) is 0 Å². The molecule has 0 atom stereocenters. The Bertz CT molecular complexity index is 472. The number of hydrogen-bond acceptors (Lipinski definition) is 3. The maximum absolute atomic E-state index is 9.77. The summed E-state index contributed by atoms with van der Waals surface area (Å²) in [6, 6.07) is 12.8. The average molecular weight is 214 g/mol. The van der Waals surface area contributed by atoms with Gasteiger partial charge < -0.3 is 16.6 Å². The van der Waals surface area contributed by atoms with Crippen LogP contribution in [0.3, 0.4) is 0 Å². The minimum Gasteiger partial charge on any atom is -0.507 e. The molecule has 0 saturated heterocycles. The maximum Gasteiger partial charge on any atom is 0.125 e. The Morgan fingerprint density at radius 2 is 1.69 bits per heavy atom. The van der Waals surface area contributed by atoms with Crippen LogP contribution in [-0.4, -0.2) is 5.11 Å². The molecular weight excluding hydrogens is 200 g/mol. The second-order valence-electron chi connectivity index (χ2n) is 3.64. The zero-order chi connectivity index (χ0) is 11.5. The standard InChI is InChI=1S/C13H14N2O/c14-8-9-4-6-10(7-5-9)13-11(15)2-1-3-12(13)16/h1-7,16H,8,14-15H2. The zero-order valence-electron chi connectivity index (χ0n) is 8.85. The van der Waals surface area contributed by atoms with Crippen molar-refractivity contribution in [1.82, 2.24) is 0 Å². The molecular formula is C13H14N2O. The second kappa shape index (κ2) is 4.24. The van der Waals surface area contributed by atoms with Crippen molar-refractivity contribution in [1.29, 1.82) is 0 Å². The van der Waals surface area contributed by atoms with Crippen LogP contribution in [0.25, 0.3) is 11.1 Å². The van der Waals surface area contributed by atoms with E-state index in [1.54, 1.807) is 18.2 Å². The average Bonchev–Trinajstić information content (AvgIpc) is 2.30. The van der Waals surface area contributed by atoms with Crippen LogP contribution in [0.1, 0.15) is 5.56 Å². The summed E-state index contributed by atoms with van der Waals surface area (Å²) in [6.07, 6.45) is 0. The summed E-state index contributed by atoms with van der Waals surface area (Å²) < 4.78 is 0. The van der Waals surface area contributed by atoms with E-state index in [0.29, 0.717) is 17.8 Å². The highest BCUT2D eigenvalue weighted by Gasteiger charge is 2.07. The molecule has 2 aromatic rings. The van der Waals surface area contributed by atoms with Gasteiger partial charge in [-0.05, 0) is 23.3 Å². The van der Waals surface area contributed by atoms with E-state index in [1.165, 1.54) is 0 Å². The molecule has 0 saturated carbocycles. The molecule has 3 heteroatoms. The SMILES string of the molecule is NCc1ccc(-c2c(N)cccc2O)cc1. The molecule has 0 bridgehead atoms. The van der Waals surface area contributed by atoms with E-state index in [9.17, 15) is 5.11 Å². The summed E-state index contributed by atoms with van der Waals surface area (Å²) in [5.74, 6) is 0.195. The third-order valence-corrected chi connectivity index (χ3v) is 2.55. The monoisotopic (exact) mass is 214 g/mol. The smallest absolute Gasteiger partial charge is 0.125 e. The lowest BCUT2D eigenvalue weighted by atomic mass is 10.0. The number of anilines is 1. The number of aromatic hydroxyl groups is 1. The minimum atomic E-state index is 0.195. The van der Waals surface area contributed by atoms with Gasteiger partial charge in [0, 0.05) is 17.8 Å². The summed E-state index contributed by atoms with van der Waals surface area (Å²) in [5, 5.41) is 9.77. The first-order chi connectivity index (χ1) is 7.72. The summed E-state index contributed by atoms with van der Waals surface area (Å²) in [5.41, 5.74) is 14.6. The molecule has 16 heavy (non-hydrogen) atoms. The van der Waals surface area contributed by atoms with Crippen molar-refractivity contribution in [3.05, 3.63) is 48.0 Å². The second-order valence-corrected chi connectivity index (χ2v) is 3.64. The van der Waals surface area contributed by atoms with Crippen molar-refractivity contribution >= 4 is 5.69 Å². The minimum absolute atomic E-state index is 0.195. The Morgan fingerprint density at radius 1 is 1.00 bits per heavy atom. The van der Waals surface area contributed by atoms with Crippen molar-refractivity contribution in [2.45, 2.75) is 6.54 Å². The summed E-state index contributed by atoms with van der Waals surface area (Å²) >= 11 is 0. The van der Waals surface area contributed by atoms with Crippen molar-refractivity contribution in [2.24, 2.45) is 5.73 Å². The Labute approximate surface area is 94.3 Å². The van der Waals surface area contributed by atoms with Crippen LogP contribution in [0.5, 0.6) is 5.75 Å². The summed E-state index contributed by atoms with van der Waals surface area (Å²) in [6.45, 7) is 0.510. The van der Waals surface area contributed by atoms with Crippen LogP contribution in [0, 0.1) is 0 Å². The molecule has 3 nitrogen and oxygen atoms in total. The fraction of sp³-hybridized carbons (Fsp3) is 0.0769. The third kappa shape index (κ3) is 1.85. The van der Waals surface area contributed by atoms with E-state index >= 15 is 0 Å². The van der Waals surface area contributed by atoms with Gasteiger partial charge in [0.05, 0.1) is 0 Å². The summed E-state index contributed by atoms with van der Waals surface area (Å²) in [7, 11) is 0. The van der Waals surface area contributed by atoms with E-state index in [0.717, 1.165) is 11.1 Å². The number of benzene rings is 2. The molecule has 0 aliphatic heterocycles. The molecule has 0 aromatic heterocycles. The molecule has 5 N–H and O–H groups in total. The van der Waals surface area contributed by atoms with Crippen molar-refractivity contribution in [3.8, 4) is 16.9 Å². The normalized spacial score (nSPS) is 10.3. The fourth-order valence-electron chi connectivity index (χ4n) is 1.68. The van der Waals surface area contributed by atoms with Gasteiger partial charge in [0.1, 0.15) is 5.75 Å². The van der Waals surface area contributed by atoms with Crippen molar-refractivity contribution in [3.63, 3.8) is 0 Å². The number of nitrogen functional groups attached to an aromatic ring is 1. The molecule has 0 aliphatic carbocycles. The first-order valence-electron chi connectivity index (χ1n) is 5.09. The Hall–Kier alpha value is -2.00. The van der Waals surface area contributed by atoms with Gasteiger partial charge in [-0.15, -0.1) is 0 Å². The molecule has 2 rings (SSSR count). The molecule has 2 aromatic carbocycles. The number of rotatable bonds is 2. The molecule has 0 amide bonds. The number of phenols is 1. The number of hydrogen-bond donors (Lipinski definition) is 3. The molecule has 0 unspecified atom stereocenters. The van der Waals surface area contributed by atoms with E-state index in [1.807, 2.05) is 24.3 Å². The lowest BCUT2D eigenvalue weighted by Gasteiger charge is -2.08. The van der Waals surface area contributed by atoms with Gasteiger partial charge in [-0.1, -0.05) is 30.3 Å². The molecule has 0 spiro atoms. The van der Waals surface area contributed by atoms with E-state index in [4.69, 9.17) is 11.5 Å².